The van der Waals surface area contributed by atoms with Crippen molar-refractivity contribution in [3.63, 3.8) is 0 Å². The van der Waals surface area contributed by atoms with Crippen LogP contribution in [0.3, 0.4) is 0 Å². The topological polar surface area (TPSA) is 12.0 Å². The van der Waals surface area contributed by atoms with Gasteiger partial charge in [-0.1, -0.05) is 55.2 Å². The molecule has 3 heteroatoms. The summed E-state index contributed by atoms with van der Waals surface area (Å²) >= 11 is 12.2. The number of halogens is 2. The summed E-state index contributed by atoms with van der Waals surface area (Å²) in [5, 5.41) is 4.92. The maximum atomic E-state index is 6.10. The first-order chi connectivity index (χ1) is 9.06. The molecule has 0 atom stereocenters. The van der Waals surface area contributed by atoms with Crippen LogP contribution in [0.15, 0.2) is 42.5 Å². The van der Waals surface area contributed by atoms with Crippen molar-refractivity contribution in [1.29, 1.82) is 0 Å². The first kappa shape index (κ1) is 14.4. The first-order valence-electron chi connectivity index (χ1n) is 6.34. The summed E-state index contributed by atoms with van der Waals surface area (Å²) < 4.78 is 0. The second-order valence-electron chi connectivity index (χ2n) is 4.85. The number of hydrogen-bond acceptors (Lipinski definition) is 1. The van der Waals surface area contributed by atoms with Gasteiger partial charge in [0.05, 0.1) is 0 Å². The van der Waals surface area contributed by atoms with Crippen molar-refractivity contribution in [1.82, 2.24) is 5.32 Å². The lowest BCUT2D eigenvalue weighted by Crippen LogP contribution is -2.22. The molecule has 0 saturated carbocycles. The standard InChI is InChI=1S/C16H17Cl2N/c1-11(2)19-10-13-9-15(18)6-7-16(13)12-4-3-5-14(17)8-12/h3-9,11,19H,10H2,1-2H3. The maximum absolute atomic E-state index is 6.10. The van der Waals surface area contributed by atoms with Crippen LogP contribution in [0.5, 0.6) is 0 Å². The fraction of sp³-hybridized carbons (Fsp3) is 0.250. The number of hydrogen-bond donors (Lipinski definition) is 1. The van der Waals surface area contributed by atoms with Crippen LogP contribution in [0.1, 0.15) is 19.4 Å². The molecule has 0 aliphatic rings. The monoisotopic (exact) mass is 293 g/mol. The molecule has 0 aromatic heterocycles. The van der Waals surface area contributed by atoms with Gasteiger partial charge in [0.15, 0.2) is 0 Å². The summed E-state index contributed by atoms with van der Waals surface area (Å²) in [6, 6.07) is 14.3. The summed E-state index contributed by atoms with van der Waals surface area (Å²) in [5.41, 5.74) is 3.47. The minimum atomic E-state index is 0.436. The fourth-order valence-electron chi connectivity index (χ4n) is 1.96. The van der Waals surface area contributed by atoms with E-state index >= 15 is 0 Å². The molecule has 0 bridgehead atoms. The maximum Gasteiger partial charge on any atom is 0.0412 e. The zero-order chi connectivity index (χ0) is 13.8. The Morgan fingerprint density at radius 3 is 2.42 bits per heavy atom. The molecule has 0 spiro atoms. The number of nitrogens with one attached hydrogen (secondary N) is 1. The van der Waals surface area contributed by atoms with Crippen molar-refractivity contribution in [2.24, 2.45) is 0 Å². The molecular weight excluding hydrogens is 277 g/mol. The van der Waals surface area contributed by atoms with E-state index in [1.165, 1.54) is 11.1 Å². The van der Waals surface area contributed by atoms with Crippen LogP contribution >= 0.6 is 23.2 Å². The van der Waals surface area contributed by atoms with Crippen LogP contribution in [0.4, 0.5) is 0 Å². The molecule has 1 nitrogen and oxygen atoms in total. The van der Waals surface area contributed by atoms with Crippen LogP contribution in [0.25, 0.3) is 11.1 Å². The Bertz CT molecular complexity index is 564. The zero-order valence-corrected chi connectivity index (χ0v) is 12.6. The van der Waals surface area contributed by atoms with Gasteiger partial charge in [-0.3, -0.25) is 0 Å². The highest BCUT2D eigenvalue weighted by Gasteiger charge is 2.07. The van der Waals surface area contributed by atoms with Gasteiger partial charge in [0.2, 0.25) is 0 Å². The van der Waals surface area contributed by atoms with Crippen molar-refractivity contribution in [2.75, 3.05) is 0 Å². The molecule has 1 N–H and O–H groups in total. The van der Waals surface area contributed by atoms with Gasteiger partial charge in [0.1, 0.15) is 0 Å². The van der Waals surface area contributed by atoms with Crippen molar-refractivity contribution in [2.45, 2.75) is 26.4 Å². The minimum Gasteiger partial charge on any atom is -0.310 e. The lowest BCUT2D eigenvalue weighted by molar-refractivity contribution is 0.589. The smallest absolute Gasteiger partial charge is 0.0412 e. The van der Waals surface area contributed by atoms with Gasteiger partial charge >= 0.3 is 0 Å². The lowest BCUT2D eigenvalue weighted by atomic mass is 9.99. The Hall–Kier alpha value is -1.02. The Labute approximate surface area is 124 Å². The van der Waals surface area contributed by atoms with Crippen LogP contribution in [0, 0.1) is 0 Å². The Kier molecular flexibility index (Phi) is 4.87. The van der Waals surface area contributed by atoms with Gasteiger partial charge in [0.25, 0.3) is 0 Å². The van der Waals surface area contributed by atoms with Gasteiger partial charge < -0.3 is 5.32 Å². The summed E-state index contributed by atoms with van der Waals surface area (Å²) in [4.78, 5) is 0. The third-order valence-corrected chi connectivity index (χ3v) is 3.37. The molecule has 0 radical (unpaired) electrons. The Balaban J connectivity index is 2.38. The predicted molar refractivity (Wildman–Crippen MR) is 83.9 cm³/mol. The second kappa shape index (κ2) is 6.42. The normalized spacial score (nSPS) is 11.0. The molecule has 100 valence electrons. The van der Waals surface area contributed by atoms with Crippen molar-refractivity contribution in [3.8, 4) is 11.1 Å². The number of rotatable bonds is 4. The number of benzene rings is 2. The molecule has 0 aliphatic carbocycles. The van der Waals surface area contributed by atoms with Crippen LogP contribution in [-0.4, -0.2) is 6.04 Å². The Morgan fingerprint density at radius 1 is 1.00 bits per heavy atom. The summed E-state index contributed by atoms with van der Waals surface area (Å²) in [6.07, 6.45) is 0. The van der Waals surface area contributed by atoms with Crippen LogP contribution in [0.2, 0.25) is 10.0 Å². The van der Waals surface area contributed by atoms with Gasteiger partial charge in [-0.05, 0) is 41.0 Å². The molecule has 0 unspecified atom stereocenters. The van der Waals surface area contributed by atoms with E-state index in [1.807, 2.05) is 36.4 Å². The van der Waals surface area contributed by atoms with E-state index in [1.54, 1.807) is 0 Å². The van der Waals surface area contributed by atoms with E-state index in [4.69, 9.17) is 23.2 Å². The van der Waals surface area contributed by atoms with E-state index in [-0.39, 0.29) is 0 Å². The SMILES string of the molecule is CC(C)NCc1cc(Cl)ccc1-c1cccc(Cl)c1. The molecule has 2 aromatic carbocycles. The lowest BCUT2D eigenvalue weighted by Gasteiger charge is -2.13. The summed E-state index contributed by atoms with van der Waals surface area (Å²) in [5.74, 6) is 0. The van der Waals surface area contributed by atoms with Gasteiger partial charge in [-0.25, -0.2) is 0 Å². The van der Waals surface area contributed by atoms with Crippen molar-refractivity contribution < 1.29 is 0 Å². The molecule has 19 heavy (non-hydrogen) atoms. The van der Waals surface area contributed by atoms with E-state index in [2.05, 4.69) is 25.2 Å². The average Bonchev–Trinajstić information content (AvgIpc) is 2.36. The van der Waals surface area contributed by atoms with E-state index in [0.717, 1.165) is 22.2 Å². The summed E-state index contributed by atoms with van der Waals surface area (Å²) in [6.45, 7) is 5.05. The van der Waals surface area contributed by atoms with Gasteiger partial charge in [0, 0.05) is 22.6 Å². The average molecular weight is 294 g/mol. The van der Waals surface area contributed by atoms with Crippen molar-refractivity contribution in [3.05, 3.63) is 58.1 Å². The molecule has 0 amide bonds. The van der Waals surface area contributed by atoms with Gasteiger partial charge in [-0.15, -0.1) is 0 Å². The molecule has 0 heterocycles. The second-order valence-corrected chi connectivity index (χ2v) is 5.72. The van der Waals surface area contributed by atoms with E-state index in [9.17, 15) is 0 Å². The largest absolute Gasteiger partial charge is 0.310 e. The molecular formula is C16H17Cl2N. The third-order valence-electron chi connectivity index (χ3n) is 2.90. The van der Waals surface area contributed by atoms with Gasteiger partial charge in [-0.2, -0.15) is 0 Å². The highest BCUT2D eigenvalue weighted by Crippen LogP contribution is 2.28. The fourth-order valence-corrected chi connectivity index (χ4v) is 2.35. The van der Waals surface area contributed by atoms with Crippen LogP contribution in [-0.2, 0) is 6.54 Å². The highest BCUT2D eigenvalue weighted by atomic mass is 35.5. The van der Waals surface area contributed by atoms with Crippen molar-refractivity contribution >= 4 is 23.2 Å². The molecule has 2 rings (SSSR count). The summed E-state index contributed by atoms with van der Waals surface area (Å²) in [7, 11) is 0. The molecule has 0 aliphatic heterocycles. The molecule has 0 fully saturated rings. The van der Waals surface area contributed by atoms with E-state index in [0.29, 0.717) is 6.04 Å². The predicted octanol–water partition coefficient (Wildman–Crippen LogP) is 5.16. The highest BCUT2D eigenvalue weighted by molar-refractivity contribution is 6.31. The first-order valence-corrected chi connectivity index (χ1v) is 7.09. The zero-order valence-electron chi connectivity index (χ0n) is 11.1. The Morgan fingerprint density at radius 2 is 1.74 bits per heavy atom. The molecule has 2 aromatic rings. The quantitative estimate of drug-likeness (QED) is 0.821. The van der Waals surface area contributed by atoms with Crippen LogP contribution < -0.4 is 5.32 Å². The third kappa shape index (κ3) is 3.97. The van der Waals surface area contributed by atoms with E-state index < -0.39 is 0 Å². The minimum absolute atomic E-state index is 0.436. The molecule has 0 saturated heterocycles.